The van der Waals surface area contributed by atoms with Crippen LogP contribution in [0.5, 0.6) is 5.75 Å². The number of benzene rings is 5. The molecule has 5 aromatic carbocycles. The van der Waals surface area contributed by atoms with E-state index in [-0.39, 0.29) is 35.6 Å². The third-order valence-corrected chi connectivity index (χ3v) is 12.4. The Morgan fingerprint density at radius 3 is 2.30 bits per heavy atom. The van der Waals surface area contributed by atoms with E-state index < -0.39 is 49.1 Å². The average molecular weight is 900 g/mol. The highest BCUT2D eigenvalue weighted by Crippen LogP contribution is 2.33. The van der Waals surface area contributed by atoms with E-state index in [2.05, 4.69) is 10.4 Å². The van der Waals surface area contributed by atoms with Crippen molar-refractivity contribution in [1.82, 2.24) is 19.4 Å². The lowest BCUT2D eigenvalue weighted by molar-refractivity contribution is -0.384. The summed E-state index contributed by atoms with van der Waals surface area (Å²) < 4.78 is 77.5. The SMILES string of the molecule is CCOc1cccc(-c2cnn(-c3cc(C(=O)N4CCN(c5ccc(C(=O)NS(=O)(=O)c6ccc(NCCSc7ccccc7)c([N+](=O)[O-])c6)cc5)CC4)cc(C(F)(F)F)c3)c2)c1. The summed E-state index contributed by atoms with van der Waals surface area (Å²) >= 11 is 1.55. The maximum atomic E-state index is 14.1. The molecule has 1 aliphatic rings. The van der Waals surface area contributed by atoms with Gasteiger partial charge in [0, 0.05) is 78.0 Å². The predicted molar refractivity (Wildman–Crippen MR) is 233 cm³/mol. The predicted octanol–water partition coefficient (Wildman–Crippen LogP) is 8.15. The molecule has 1 aliphatic heterocycles. The van der Waals surface area contributed by atoms with Crippen molar-refractivity contribution in [3.8, 4) is 22.6 Å². The van der Waals surface area contributed by atoms with Gasteiger partial charge in [-0.2, -0.15) is 18.3 Å². The highest BCUT2D eigenvalue weighted by molar-refractivity contribution is 7.99. The number of rotatable bonds is 15. The summed E-state index contributed by atoms with van der Waals surface area (Å²) in [7, 11) is -4.51. The second-order valence-electron chi connectivity index (χ2n) is 14.2. The number of halogens is 3. The second kappa shape index (κ2) is 19.0. The average Bonchev–Trinajstić information content (AvgIpc) is 3.79. The van der Waals surface area contributed by atoms with Gasteiger partial charge < -0.3 is 19.9 Å². The standard InChI is InChI=1S/C44H40F3N7O7S2/c1-2-61-37-8-6-7-31(25-37)33-28-49-53(29-33)36-24-32(23-34(26-36)44(45,46)47)43(56)52-20-18-51(19-21-52)35-13-11-30(12-14-35)42(55)50-63(59,60)39-15-16-40(41(27-39)54(57)58)48-17-22-62-38-9-4-3-5-10-38/h3-16,23-29,48H,2,17-22H2,1H3,(H,50,55). The molecule has 0 radical (unpaired) electrons. The molecule has 0 unspecified atom stereocenters. The minimum Gasteiger partial charge on any atom is -0.494 e. The molecule has 1 aromatic heterocycles. The molecule has 2 amide bonds. The lowest BCUT2D eigenvalue weighted by Gasteiger charge is -2.36. The van der Waals surface area contributed by atoms with Crippen LogP contribution in [0.2, 0.25) is 0 Å². The maximum absolute atomic E-state index is 14.1. The Kier molecular flexibility index (Phi) is 13.4. The number of alkyl halides is 3. The van der Waals surface area contributed by atoms with Gasteiger partial charge in [-0.3, -0.25) is 19.7 Å². The van der Waals surface area contributed by atoms with E-state index in [9.17, 15) is 41.3 Å². The van der Waals surface area contributed by atoms with Crippen molar-refractivity contribution in [3.63, 3.8) is 0 Å². The van der Waals surface area contributed by atoms with Crippen LogP contribution in [0.25, 0.3) is 16.8 Å². The minimum absolute atomic E-state index is 0.00326. The summed E-state index contributed by atoms with van der Waals surface area (Å²) in [5.41, 5.74) is 0.640. The van der Waals surface area contributed by atoms with E-state index in [1.54, 1.807) is 48.3 Å². The summed E-state index contributed by atoms with van der Waals surface area (Å²) in [6, 6.07) is 29.4. The molecule has 14 nitrogen and oxygen atoms in total. The van der Waals surface area contributed by atoms with Gasteiger partial charge in [0.2, 0.25) is 0 Å². The minimum atomic E-state index is -4.73. The zero-order chi connectivity index (χ0) is 44.7. The fourth-order valence-corrected chi connectivity index (χ4v) is 8.62. The molecule has 0 spiro atoms. The maximum Gasteiger partial charge on any atom is 0.416 e. The Hall–Kier alpha value is -6.86. The number of ether oxygens (including phenoxy) is 1. The number of thioether (sulfide) groups is 1. The first kappa shape index (κ1) is 44.2. The van der Waals surface area contributed by atoms with Crippen LogP contribution in [0.15, 0.2) is 137 Å². The molecule has 19 heteroatoms. The number of nitro benzene ring substituents is 1. The zero-order valence-electron chi connectivity index (χ0n) is 33.6. The smallest absolute Gasteiger partial charge is 0.416 e. The van der Waals surface area contributed by atoms with Gasteiger partial charge in [0.05, 0.1) is 33.9 Å². The van der Waals surface area contributed by atoms with Crippen LogP contribution in [0.3, 0.4) is 0 Å². The first-order valence-corrected chi connectivity index (χ1v) is 22.1. The van der Waals surface area contributed by atoms with Crippen molar-refractivity contribution in [2.45, 2.75) is 22.9 Å². The highest BCUT2D eigenvalue weighted by Gasteiger charge is 2.33. The molecule has 7 rings (SSSR count). The summed E-state index contributed by atoms with van der Waals surface area (Å²) in [6.07, 6.45) is -1.62. The Morgan fingerprint density at radius 1 is 0.857 bits per heavy atom. The van der Waals surface area contributed by atoms with Crippen molar-refractivity contribution in [2.75, 3.05) is 55.3 Å². The number of piperazine rings is 1. The lowest BCUT2D eigenvalue weighted by Crippen LogP contribution is -2.48. The summed E-state index contributed by atoms with van der Waals surface area (Å²) in [5.74, 6) is -0.307. The van der Waals surface area contributed by atoms with Crippen LogP contribution in [0.4, 0.5) is 30.2 Å². The number of aromatic nitrogens is 2. The van der Waals surface area contributed by atoms with Crippen LogP contribution in [-0.4, -0.2) is 84.9 Å². The Balaban J connectivity index is 0.966. The van der Waals surface area contributed by atoms with Crippen molar-refractivity contribution < 1.29 is 40.8 Å². The third-order valence-electron chi connectivity index (χ3n) is 10.0. The third kappa shape index (κ3) is 10.8. The molecular weight excluding hydrogens is 860 g/mol. The highest BCUT2D eigenvalue weighted by atomic mass is 32.2. The quantitative estimate of drug-likeness (QED) is 0.0442. The van der Waals surface area contributed by atoms with E-state index in [0.29, 0.717) is 49.0 Å². The number of anilines is 2. The van der Waals surface area contributed by atoms with E-state index >= 15 is 0 Å². The van der Waals surface area contributed by atoms with E-state index in [1.807, 2.05) is 52.9 Å². The van der Waals surface area contributed by atoms with Crippen molar-refractivity contribution in [3.05, 3.63) is 154 Å². The van der Waals surface area contributed by atoms with Gasteiger partial charge in [0.15, 0.2) is 0 Å². The molecule has 2 heterocycles. The van der Waals surface area contributed by atoms with Gasteiger partial charge in [-0.15, -0.1) is 11.8 Å². The Labute approximate surface area is 364 Å². The Morgan fingerprint density at radius 2 is 1.60 bits per heavy atom. The van der Waals surface area contributed by atoms with E-state index in [0.717, 1.165) is 28.7 Å². The van der Waals surface area contributed by atoms with Crippen LogP contribution < -0.4 is 19.7 Å². The molecule has 63 heavy (non-hydrogen) atoms. The Bertz CT molecular complexity index is 2730. The second-order valence-corrected chi connectivity index (χ2v) is 17.0. The molecule has 6 aromatic rings. The van der Waals surface area contributed by atoms with Gasteiger partial charge in [0.1, 0.15) is 11.4 Å². The fourth-order valence-electron chi connectivity index (χ4n) is 6.84. The molecule has 0 saturated carbocycles. The molecule has 326 valence electrons. The number of nitrogens with zero attached hydrogens (tertiary/aromatic N) is 5. The van der Waals surface area contributed by atoms with Gasteiger partial charge in [-0.1, -0.05) is 30.3 Å². The van der Waals surface area contributed by atoms with Crippen molar-refractivity contribution in [2.24, 2.45) is 0 Å². The van der Waals surface area contributed by atoms with E-state index in [4.69, 9.17) is 4.74 Å². The van der Waals surface area contributed by atoms with Gasteiger partial charge in [-0.25, -0.2) is 17.8 Å². The zero-order valence-corrected chi connectivity index (χ0v) is 35.3. The summed E-state index contributed by atoms with van der Waals surface area (Å²) in [6.45, 7) is 3.69. The van der Waals surface area contributed by atoms with Crippen LogP contribution in [-0.2, 0) is 16.2 Å². The fraction of sp³-hybridized carbons (Fsp3) is 0.205. The van der Waals surface area contributed by atoms with Gasteiger partial charge in [-0.05, 0) is 91.3 Å². The number of amides is 2. The molecule has 1 fully saturated rings. The normalized spacial score (nSPS) is 13.1. The number of carbonyl (C=O) groups is 2. The number of nitro groups is 1. The molecule has 2 N–H and O–H groups in total. The number of sulfonamides is 1. The summed E-state index contributed by atoms with van der Waals surface area (Å²) in [4.78, 5) is 41.9. The molecular formula is C44H40F3N7O7S2. The van der Waals surface area contributed by atoms with Crippen LogP contribution in [0.1, 0.15) is 33.2 Å². The number of carbonyl (C=O) groups excluding carboxylic acids is 2. The summed E-state index contributed by atoms with van der Waals surface area (Å²) in [5, 5.41) is 19.1. The van der Waals surface area contributed by atoms with Crippen molar-refractivity contribution >= 4 is 50.7 Å². The first-order chi connectivity index (χ1) is 30.2. The molecule has 0 aliphatic carbocycles. The molecule has 0 atom stereocenters. The van der Waals surface area contributed by atoms with Crippen LogP contribution in [0, 0.1) is 10.1 Å². The van der Waals surface area contributed by atoms with Crippen LogP contribution >= 0.6 is 11.8 Å². The largest absolute Gasteiger partial charge is 0.494 e. The van der Waals surface area contributed by atoms with Gasteiger partial charge in [0.25, 0.3) is 27.5 Å². The first-order valence-electron chi connectivity index (χ1n) is 19.6. The topological polar surface area (TPSA) is 169 Å². The van der Waals surface area contributed by atoms with Gasteiger partial charge >= 0.3 is 6.18 Å². The monoisotopic (exact) mass is 899 g/mol. The molecule has 1 saturated heterocycles. The number of nitrogens with one attached hydrogen (secondary N) is 2. The number of hydrogen-bond donors (Lipinski definition) is 2. The number of hydrogen-bond acceptors (Lipinski definition) is 11. The molecule has 0 bridgehead atoms. The van der Waals surface area contributed by atoms with E-state index in [1.165, 1.54) is 46.1 Å². The van der Waals surface area contributed by atoms with Crippen molar-refractivity contribution in [1.29, 1.82) is 0 Å². The lowest BCUT2D eigenvalue weighted by atomic mass is 10.1.